The minimum absolute atomic E-state index is 0.00594. The van der Waals surface area contributed by atoms with E-state index in [4.69, 9.17) is 27.9 Å². The van der Waals surface area contributed by atoms with Gasteiger partial charge in [-0.25, -0.2) is 9.18 Å². The molecule has 0 aliphatic carbocycles. The van der Waals surface area contributed by atoms with E-state index in [-0.39, 0.29) is 27.0 Å². The number of ether oxygens (including phenoxy) is 1. The van der Waals surface area contributed by atoms with E-state index < -0.39 is 28.7 Å². The number of carbonyl (C=O) groups excluding carboxylic acids is 2. The average molecular weight is 401 g/mol. The number of carbonyl (C=O) groups is 2. The molecule has 2 rings (SSSR count). The largest absolute Gasteiger partial charge is 0.449 e. The average Bonchev–Trinajstić information content (AvgIpc) is 2.56. The predicted molar refractivity (Wildman–Crippen MR) is 93.0 cm³/mol. The van der Waals surface area contributed by atoms with Gasteiger partial charge in [-0.1, -0.05) is 23.2 Å². The summed E-state index contributed by atoms with van der Waals surface area (Å²) in [7, 11) is 0. The molecule has 0 aliphatic heterocycles. The van der Waals surface area contributed by atoms with E-state index in [0.717, 1.165) is 24.3 Å². The van der Waals surface area contributed by atoms with Crippen molar-refractivity contribution in [1.29, 1.82) is 0 Å². The number of hydrogen-bond acceptors (Lipinski definition) is 5. The summed E-state index contributed by atoms with van der Waals surface area (Å²) < 4.78 is 18.0. The Morgan fingerprint density at radius 2 is 1.88 bits per heavy atom. The van der Waals surface area contributed by atoms with E-state index in [2.05, 4.69) is 5.32 Å². The molecule has 10 heteroatoms. The van der Waals surface area contributed by atoms with Crippen LogP contribution in [0, 0.1) is 15.9 Å². The number of nitro benzene ring substituents is 1. The van der Waals surface area contributed by atoms with Crippen LogP contribution in [0.4, 0.5) is 15.8 Å². The SMILES string of the molecule is CC(OC(=O)c1ccc(F)cc1Cl)C(=O)Nc1cc([N+](=O)[O-])ccc1Cl. The summed E-state index contributed by atoms with van der Waals surface area (Å²) in [6.07, 6.45) is -1.26. The highest BCUT2D eigenvalue weighted by molar-refractivity contribution is 6.34. The van der Waals surface area contributed by atoms with Gasteiger partial charge in [0.15, 0.2) is 6.10 Å². The molecule has 0 spiro atoms. The minimum Gasteiger partial charge on any atom is -0.449 e. The molecule has 0 bridgehead atoms. The van der Waals surface area contributed by atoms with Gasteiger partial charge in [0, 0.05) is 12.1 Å². The van der Waals surface area contributed by atoms with Crippen molar-refractivity contribution in [3.8, 4) is 0 Å². The number of anilines is 1. The highest BCUT2D eigenvalue weighted by atomic mass is 35.5. The Labute approximate surface area is 156 Å². The zero-order valence-electron chi connectivity index (χ0n) is 13.2. The van der Waals surface area contributed by atoms with Gasteiger partial charge >= 0.3 is 5.97 Å². The van der Waals surface area contributed by atoms with Crippen molar-refractivity contribution in [3.05, 3.63) is 67.9 Å². The highest BCUT2D eigenvalue weighted by Crippen LogP contribution is 2.27. The maximum Gasteiger partial charge on any atom is 0.340 e. The van der Waals surface area contributed by atoms with Crippen LogP contribution in [0.25, 0.3) is 0 Å². The molecule has 1 amide bonds. The van der Waals surface area contributed by atoms with Gasteiger partial charge in [-0.05, 0) is 31.2 Å². The standard InChI is InChI=1S/C16H11Cl2FN2O5/c1-8(26-16(23)11-4-2-9(19)6-13(11)18)15(22)20-14-7-10(21(24)25)3-5-12(14)17/h2-8H,1H3,(H,20,22). The fraction of sp³-hybridized carbons (Fsp3) is 0.125. The second-order valence-corrected chi connectivity index (χ2v) is 5.90. The van der Waals surface area contributed by atoms with Gasteiger partial charge in [0.2, 0.25) is 0 Å². The first-order chi connectivity index (χ1) is 12.2. The minimum atomic E-state index is -1.26. The summed E-state index contributed by atoms with van der Waals surface area (Å²) >= 11 is 11.7. The number of nitrogens with zero attached hydrogens (tertiary/aromatic N) is 1. The third-order valence-corrected chi connectivity index (χ3v) is 3.87. The monoisotopic (exact) mass is 400 g/mol. The normalized spacial score (nSPS) is 11.5. The molecule has 7 nitrogen and oxygen atoms in total. The molecule has 1 atom stereocenters. The maximum atomic E-state index is 13.0. The lowest BCUT2D eigenvalue weighted by molar-refractivity contribution is -0.384. The number of nitrogens with one attached hydrogen (secondary N) is 1. The quantitative estimate of drug-likeness (QED) is 0.460. The molecule has 136 valence electrons. The summed E-state index contributed by atoms with van der Waals surface area (Å²) in [6.45, 7) is 1.29. The Morgan fingerprint density at radius 1 is 1.19 bits per heavy atom. The van der Waals surface area contributed by atoms with Gasteiger partial charge in [-0.15, -0.1) is 0 Å². The number of rotatable bonds is 5. The van der Waals surface area contributed by atoms with E-state index in [9.17, 15) is 24.1 Å². The van der Waals surface area contributed by atoms with Crippen molar-refractivity contribution < 1.29 is 23.6 Å². The molecule has 1 unspecified atom stereocenters. The molecule has 0 aromatic heterocycles. The van der Waals surface area contributed by atoms with Crippen LogP contribution in [0.2, 0.25) is 10.0 Å². The molecule has 0 fully saturated rings. The van der Waals surface area contributed by atoms with Gasteiger partial charge in [-0.3, -0.25) is 14.9 Å². The second-order valence-electron chi connectivity index (χ2n) is 5.08. The van der Waals surface area contributed by atoms with Crippen molar-refractivity contribution >= 4 is 46.5 Å². The van der Waals surface area contributed by atoms with Gasteiger partial charge in [0.05, 0.1) is 26.2 Å². The van der Waals surface area contributed by atoms with Crippen LogP contribution in [0.3, 0.4) is 0 Å². The summed E-state index contributed by atoms with van der Waals surface area (Å²) in [4.78, 5) is 34.3. The molecule has 0 heterocycles. The number of amides is 1. The fourth-order valence-electron chi connectivity index (χ4n) is 1.89. The predicted octanol–water partition coefficient (Wildman–Crippen LogP) is 4.22. The van der Waals surface area contributed by atoms with E-state index in [1.54, 1.807) is 0 Å². The molecule has 0 aliphatic rings. The van der Waals surface area contributed by atoms with Crippen molar-refractivity contribution in [3.63, 3.8) is 0 Å². The Kier molecular flexibility index (Phi) is 6.12. The summed E-state index contributed by atoms with van der Waals surface area (Å²) in [5.41, 5.74) is -0.387. The molecule has 0 saturated heterocycles. The van der Waals surface area contributed by atoms with Crippen molar-refractivity contribution in [2.24, 2.45) is 0 Å². The Morgan fingerprint density at radius 3 is 2.50 bits per heavy atom. The van der Waals surface area contributed by atoms with Crippen LogP contribution in [-0.2, 0) is 9.53 Å². The van der Waals surface area contributed by atoms with Crippen LogP contribution in [0.5, 0.6) is 0 Å². The summed E-state index contributed by atoms with van der Waals surface area (Å²) in [5, 5.41) is 13.0. The number of hydrogen-bond donors (Lipinski definition) is 1. The molecular formula is C16H11Cl2FN2O5. The van der Waals surface area contributed by atoms with Gasteiger partial charge in [0.25, 0.3) is 11.6 Å². The Balaban J connectivity index is 2.09. The Hall–Kier alpha value is -2.71. The molecule has 2 aromatic rings. The topological polar surface area (TPSA) is 98.5 Å². The fourth-order valence-corrected chi connectivity index (χ4v) is 2.30. The second kappa shape index (κ2) is 8.11. The van der Waals surface area contributed by atoms with E-state index >= 15 is 0 Å². The first-order valence-corrected chi connectivity index (χ1v) is 7.85. The maximum absolute atomic E-state index is 13.0. The van der Waals surface area contributed by atoms with Crippen LogP contribution >= 0.6 is 23.2 Å². The third-order valence-electron chi connectivity index (χ3n) is 3.22. The first kappa shape index (κ1) is 19.6. The molecule has 26 heavy (non-hydrogen) atoms. The van der Waals surface area contributed by atoms with Gasteiger partial charge in [0.1, 0.15) is 5.82 Å². The van der Waals surface area contributed by atoms with E-state index in [1.807, 2.05) is 0 Å². The molecule has 1 N–H and O–H groups in total. The molecule has 2 aromatic carbocycles. The lowest BCUT2D eigenvalue weighted by Gasteiger charge is -2.14. The molecular weight excluding hydrogens is 390 g/mol. The Bertz CT molecular complexity index is 891. The van der Waals surface area contributed by atoms with E-state index in [0.29, 0.717) is 0 Å². The van der Waals surface area contributed by atoms with Crippen molar-refractivity contribution in [2.75, 3.05) is 5.32 Å². The van der Waals surface area contributed by atoms with Crippen molar-refractivity contribution in [1.82, 2.24) is 0 Å². The third kappa shape index (κ3) is 4.68. The summed E-state index contributed by atoms with van der Waals surface area (Å²) in [6, 6.07) is 6.59. The number of esters is 1. The lowest BCUT2D eigenvalue weighted by Crippen LogP contribution is -2.30. The van der Waals surface area contributed by atoms with Crippen LogP contribution in [0.1, 0.15) is 17.3 Å². The number of halogens is 3. The molecule has 0 saturated carbocycles. The zero-order chi connectivity index (χ0) is 19.4. The van der Waals surface area contributed by atoms with Crippen LogP contribution in [0.15, 0.2) is 36.4 Å². The van der Waals surface area contributed by atoms with Crippen molar-refractivity contribution in [2.45, 2.75) is 13.0 Å². The highest BCUT2D eigenvalue weighted by Gasteiger charge is 2.22. The van der Waals surface area contributed by atoms with Gasteiger partial charge < -0.3 is 10.1 Å². The number of nitro groups is 1. The van der Waals surface area contributed by atoms with Crippen LogP contribution < -0.4 is 5.32 Å². The zero-order valence-corrected chi connectivity index (χ0v) is 14.7. The van der Waals surface area contributed by atoms with Gasteiger partial charge in [-0.2, -0.15) is 0 Å². The summed E-state index contributed by atoms with van der Waals surface area (Å²) in [5.74, 6) is -2.32. The smallest absolute Gasteiger partial charge is 0.340 e. The first-order valence-electron chi connectivity index (χ1n) is 7.10. The van der Waals surface area contributed by atoms with Crippen LogP contribution in [-0.4, -0.2) is 22.9 Å². The molecule has 0 radical (unpaired) electrons. The number of benzene rings is 2. The van der Waals surface area contributed by atoms with E-state index in [1.165, 1.54) is 19.1 Å². The lowest BCUT2D eigenvalue weighted by atomic mass is 10.2. The number of non-ortho nitro benzene ring substituents is 1.